The van der Waals surface area contributed by atoms with Crippen molar-refractivity contribution in [3.8, 4) is 11.6 Å². The van der Waals surface area contributed by atoms with Gasteiger partial charge in [0, 0.05) is 91.8 Å². The molecule has 53 heavy (non-hydrogen) atoms. The highest BCUT2D eigenvalue weighted by Gasteiger charge is 2.21. The number of rotatable bonds is 12. The number of hydrogen-bond acceptors (Lipinski definition) is 9. The summed E-state index contributed by atoms with van der Waals surface area (Å²) in [6.07, 6.45) is 8.38. The number of methoxy groups -OCH3 is 2. The first kappa shape index (κ1) is 40.4. The Labute approximate surface area is 334 Å². The van der Waals surface area contributed by atoms with Crippen molar-refractivity contribution in [3.05, 3.63) is 122 Å². The second kappa shape index (κ2) is 18.5. The van der Waals surface area contributed by atoms with E-state index in [9.17, 15) is 0 Å². The van der Waals surface area contributed by atoms with Crippen LogP contribution in [-0.2, 0) is 12.8 Å². The zero-order valence-corrected chi connectivity index (χ0v) is 34.8. The summed E-state index contributed by atoms with van der Waals surface area (Å²) in [6, 6.07) is 15.8. The van der Waals surface area contributed by atoms with Gasteiger partial charge in [-0.1, -0.05) is 58.3 Å². The number of aryl methyl sites for hydroxylation is 2. The standard InChI is InChI=1S/C21H24ClN3O2S.C18H18Cl2N4S/c1-13(2)25-21(28-18-11-16(22)10-17(12-18)26-4)19(14(3)24-25)8-15-6-7-23-20(9-15)27-5;1-11(2)24-18(25-16-7-13(19)6-14(20)8-16)17(12(3)23-24)9-15-10-21-4-5-22-15/h6-7,9-13H,8H2,1-5H3;4-8,10-11H,9H2,1-3H3. The van der Waals surface area contributed by atoms with Gasteiger partial charge in [-0.25, -0.2) is 4.98 Å². The van der Waals surface area contributed by atoms with Crippen LogP contribution >= 0.6 is 58.3 Å². The Balaban J connectivity index is 0.000000206. The molecule has 0 amide bonds. The largest absolute Gasteiger partial charge is 0.497 e. The van der Waals surface area contributed by atoms with Gasteiger partial charge < -0.3 is 9.47 Å². The van der Waals surface area contributed by atoms with Crippen molar-refractivity contribution in [2.24, 2.45) is 0 Å². The molecule has 9 nitrogen and oxygen atoms in total. The molecule has 2 aromatic carbocycles. The van der Waals surface area contributed by atoms with Gasteiger partial charge in [0.05, 0.1) is 31.3 Å². The van der Waals surface area contributed by atoms with Crippen LogP contribution in [0.3, 0.4) is 0 Å². The van der Waals surface area contributed by atoms with E-state index in [-0.39, 0.29) is 12.1 Å². The zero-order chi connectivity index (χ0) is 38.2. The summed E-state index contributed by atoms with van der Waals surface area (Å²) in [5.74, 6) is 1.35. The number of pyridine rings is 1. The second-order valence-electron chi connectivity index (χ2n) is 12.7. The molecule has 0 atom stereocenters. The Morgan fingerprint density at radius 2 is 1.23 bits per heavy atom. The zero-order valence-electron chi connectivity index (χ0n) is 30.9. The van der Waals surface area contributed by atoms with Crippen LogP contribution in [0.1, 0.15) is 73.6 Å². The molecule has 0 saturated carbocycles. The number of halogens is 3. The smallest absolute Gasteiger partial charge is 0.213 e. The van der Waals surface area contributed by atoms with Gasteiger partial charge >= 0.3 is 0 Å². The molecule has 4 aromatic heterocycles. The average molecular weight is 811 g/mol. The summed E-state index contributed by atoms with van der Waals surface area (Å²) in [6.45, 7) is 12.6. The lowest BCUT2D eigenvalue weighted by Crippen LogP contribution is -2.05. The van der Waals surface area contributed by atoms with Crippen LogP contribution in [0.15, 0.2) is 93.2 Å². The quantitative estimate of drug-likeness (QED) is 0.120. The van der Waals surface area contributed by atoms with Crippen LogP contribution < -0.4 is 9.47 Å². The molecule has 0 aliphatic heterocycles. The van der Waals surface area contributed by atoms with Crippen LogP contribution in [0.4, 0.5) is 0 Å². The third-order valence-corrected chi connectivity index (χ3v) is 10.9. The van der Waals surface area contributed by atoms with E-state index in [1.807, 2.05) is 48.0 Å². The van der Waals surface area contributed by atoms with E-state index in [4.69, 9.17) is 54.5 Å². The topological polar surface area (TPSA) is 92.8 Å². The fraction of sp³-hybridized carbons (Fsp3) is 0.308. The second-order valence-corrected chi connectivity index (χ2v) is 16.1. The Kier molecular flexibility index (Phi) is 14.1. The van der Waals surface area contributed by atoms with Crippen molar-refractivity contribution in [1.29, 1.82) is 0 Å². The lowest BCUT2D eigenvalue weighted by molar-refractivity contribution is 0.397. The molecule has 0 aliphatic carbocycles. The molecule has 0 fully saturated rings. The molecule has 4 heterocycles. The normalized spacial score (nSPS) is 11.2. The predicted molar refractivity (Wildman–Crippen MR) is 216 cm³/mol. The third kappa shape index (κ3) is 10.7. The van der Waals surface area contributed by atoms with Gasteiger partial charge in [-0.15, -0.1) is 0 Å². The summed E-state index contributed by atoms with van der Waals surface area (Å²) in [5, 5.41) is 13.6. The highest BCUT2D eigenvalue weighted by atomic mass is 35.5. The maximum Gasteiger partial charge on any atom is 0.213 e. The van der Waals surface area contributed by atoms with Crippen LogP contribution in [-0.4, -0.2) is 48.7 Å². The van der Waals surface area contributed by atoms with E-state index in [0.717, 1.165) is 60.2 Å². The number of nitrogens with zero attached hydrogens (tertiary/aromatic N) is 7. The van der Waals surface area contributed by atoms with Crippen molar-refractivity contribution in [2.45, 2.75) is 86.3 Å². The summed E-state index contributed by atoms with van der Waals surface area (Å²) >= 11 is 21.9. The van der Waals surface area contributed by atoms with E-state index in [1.54, 1.807) is 74.7 Å². The maximum absolute atomic E-state index is 6.27. The Hall–Kier alpha value is -3.74. The molecular formula is C39H42Cl3N7O2S2. The van der Waals surface area contributed by atoms with E-state index < -0.39 is 0 Å². The monoisotopic (exact) mass is 809 g/mol. The van der Waals surface area contributed by atoms with Gasteiger partial charge in [-0.3, -0.25) is 19.3 Å². The Morgan fingerprint density at radius 1 is 0.660 bits per heavy atom. The molecule has 6 rings (SSSR count). The van der Waals surface area contributed by atoms with Crippen molar-refractivity contribution in [2.75, 3.05) is 14.2 Å². The summed E-state index contributed by atoms with van der Waals surface area (Å²) < 4.78 is 14.7. The molecule has 0 N–H and O–H groups in total. The van der Waals surface area contributed by atoms with Crippen LogP contribution in [0.25, 0.3) is 0 Å². The van der Waals surface area contributed by atoms with Gasteiger partial charge in [0.15, 0.2) is 0 Å². The molecule has 0 radical (unpaired) electrons. The molecule has 6 aromatic rings. The lowest BCUT2D eigenvalue weighted by atomic mass is 10.1. The van der Waals surface area contributed by atoms with E-state index in [2.05, 4.69) is 54.3 Å². The van der Waals surface area contributed by atoms with E-state index in [0.29, 0.717) is 27.4 Å². The van der Waals surface area contributed by atoms with E-state index in [1.165, 1.54) is 5.56 Å². The van der Waals surface area contributed by atoms with Gasteiger partial charge in [0.25, 0.3) is 0 Å². The minimum atomic E-state index is 0.239. The molecule has 0 unspecified atom stereocenters. The third-order valence-electron chi connectivity index (χ3n) is 8.01. The van der Waals surface area contributed by atoms with Crippen LogP contribution in [0.5, 0.6) is 11.6 Å². The average Bonchev–Trinajstić information content (AvgIpc) is 3.59. The van der Waals surface area contributed by atoms with E-state index >= 15 is 0 Å². The summed E-state index contributed by atoms with van der Waals surface area (Å²) in [4.78, 5) is 14.7. The van der Waals surface area contributed by atoms with Crippen molar-refractivity contribution >= 4 is 58.3 Å². The summed E-state index contributed by atoms with van der Waals surface area (Å²) in [5.41, 5.74) is 6.39. The number of hydrogen-bond donors (Lipinski definition) is 0. The molecule has 0 aliphatic rings. The number of aromatic nitrogens is 7. The predicted octanol–water partition coefficient (Wildman–Crippen LogP) is 11.2. The van der Waals surface area contributed by atoms with Crippen molar-refractivity contribution in [3.63, 3.8) is 0 Å². The van der Waals surface area contributed by atoms with Crippen molar-refractivity contribution in [1.82, 2.24) is 34.5 Å². The number of ether oxygens (including phenoxy) is 2. The van der Waals surface area contributed by atoms with Crippen molar-refractivity contribution < 1.29 is 9.47 Å². The molecule has 14 heteroatoms. The highest BCUT2D eigenvalue weighted by molar-refractivity contribution is 7.99. The fourth-order valence-electron chi connectivity index (χ4n) is 5.45. The minimum absolute atomic E-state index is 0.239. The SMILES string of the molecule is COc1cc(Cl)cc(Sc2c(Cc3ccnc(OC)c3)c(C)nn2C(C)C)c1.Cc1nn(C(C)C)c(Sc2cc(Cl)cc(Cl)c2)c1Cc1cnccn1. The first-order chi connectivity index (χ1) is 25.3. The van der Waals surface area contributed by atoms with Gasteiger partial charge in [0.2, 0.25) is 5.88 Å². The Bertz CT molecular complexity index is 2140. The molecule has 0 spiro atoms. The number of benzene rings is 2. The first-order valence-electron chi connectivity index (χ1n) is 16.9. The summed E-state index contributed by atoms with van der Waals surface area (Å²) in [7, 11) is 3.27. The van der Waals surface area contributed by atoms with Gasteiger partial charge in [-0.05, 0) is 89.6 Å². The van der Waals surface area contributed by atoms with Crippen LogP contribution in [0.2, 0.25) is 15.1 Å². The molecule has 278 valence electrons. The van der Waals surface area contributed by atoms with Gasteiger partial charge in [-0.2, -0.15) is 10.2 Å². The van der Waals surface area contributed by atoms with Gasteiger partial charge in [0.1, 0.15) is 15.8 Å². The molecule has 0 saturated heterocycles. The first-order valence-corrected chi connectivity index (χ1v) is 19.7. The highest BCUT2D eigenvalue weighted by Crippen LogP contribution is 2.39. The minimum Gasteiger partial charge on any atom is -0.497 e. The lowest BCUT2D eigenvalue weighted by Gasteiger charge is -2.13. The maximum atomic E-state index is 6.27. The van der Waals surface area contributed by atoms with Crippen LogP contribution in [0, 0.1) is 13.8 Å². The Morgan fingerprint density at radius 3 is 1.75 bits per heavy atom. The fourth-order valence-corrected chi connectivity index (χ4v) is 8.95. The molecule has 0 bridgehead atoms. The molecular weight excluding hydrogens is 769 g/mol.